The number of hydrogen-bond acceptors (Lipinski definition) is 8. The molecule has 0 aliphatic carbocycles. The van der Waals surface area contributed by atoms with Crippen LogP contribution in [0.4, 0.5) is 0 Å². The van der Waals surface area contributed by atoms with E-state index in [1.54, 1.807) is 0 Å². The van der Waals surface area contributed by atoms with Gasteiger partial charge in [-0.15, -0.1) is 0 Å². The summed E-state index contributed by atoms with van der Waals surface area (Å²) >= 11 is 0. The summed E-state index contributed by atoms with van der Waals surface area (Å²) in [6, 6.07) is 28.3. The van der Waals surface area contributed by atoms with Gasteiger partial charge in [-0.05, 0) is 16.7 Å². The van der Waals surface area contributed by atoms with Gasteiger partial charge in [0.2, 0.25) is 5.91 Å². The van der Waals surface area contributed by atoms with Crippen molar-refractivity contribution in [3.8, 4) is 0 Å². The van der Waals surface area contributed by atoms with E-state index in [2.05, 4.69) is 5.32 Å². The van der Waals surface area contributed by atoms with E-state index in [0.29, 0.717) is 6.61 Å². The highest BCUT2D eigenvalue weighted by molar-refractivity contribution is 5.73. The van der Waals surface area contributed by atoms with E-state index in [9.17, 15) is 9.59 Å². The van der Waals surface area contributed by atoms with Gasteiger partial charge in [-0.1, -0.05) is 91.0 Å². The monoisotopic (exact) mass is 563 g/mol. The van der Waals surface area contributed by atoms with Gasteiger partial charge in [-0.25, -0.2) is 4.79 Å². The predicted molar refractivity (Wildman–Crippen MR) is 150 cm³/mol. The molecule has 0 unspecified atom stereocenters. The summed E-state index contributed by atoms with van der Waals surface area (Å²) in [7, 11) is 1.29. The molecular formula is C32H37NO8. The van der Waals surface area contributed by atoms with E-state index in [0.717, 1.165) is 16.7 Å². The van der Waals surface area contributed by atoms with Crippen molar-refractivity contribution in [2.75, 3.05) is 20.3 Å². The van der Waals surface area contributed by atoms with Gasteiger partial charge in [-0.2, -0.15) is 0 Å². The molecule has 1 amide bonds. The fourth-order valence-electron chi connectivity index (χ4n) is 4.58. The first kappa shape index (κ1) is 30.4. The van der Waals surface area contributed by atoms with Gasteiger partial charge in [-0.3, -0.25) is 4.79 Å². The molecule has 1 aliphatic rings. The van der Waals surface area contributed by atoms with Gasteiger partial charge in [0.1, 0.15) is 31.0 Å². The minimum absolute atomic E-state index is 0.157. The number of nitrogens with one attached hydrogen (secondary N) is 1. The molecule has 9 nitrogen and oxygen atoms in total. The zero-order valence-electron chi connectivity index (χ0n) is 23.3. The van der Waals surface area contributed by atoms with Gasteiger partial charge < -0.3 is 33.7 Å². The van der Waals surface area contributed by atoms with Gasteiger partial charge in [0.25, 0.3) is 0 Å². The Morgan fingerprint density at radius 2 is 1.27 bits per heavy atom. The number of carbonyl (C=O) groups is 2. The van der Waals surface area contributed by atoms with Crippen LogP contribution < -0.4 is 5.32 Å². The average molecular weight is 564 g/mol. The highest BCUT2D eigenvalue weighted by atomic mass is 16.7. The molecule has 1 N–H and O–H groups in total. The van der Waals surface area contributed by atoms with Crippen molar-refractivity contribution in [3.05, 3.63) is 108 Å². The Balaban J connectivity index is 1.59. The van der Waals surface area contributed by atoms with Crippen molar-refractivity contribution in [1.82, 2.24) is 5.32 Å². The van der Waals surface area contributed by atoms with Gasteiger partial charge in [0, 0.05) is 6.92 Å². The normalized spacial score (nSPS) is 22.1. The molecule has 1 heterocycles. The van der Waals surface area contributed by atoms with Crippen LogP contribution in [0.3, 0.4) is 0 Å². The Hall–Kier alpha value is -3.60. The van der Waals surface area contributed by atoms with Crippen molar-refractivity contribution in [2.24, 2.45) is 0 Å². The summed E-state index contributed by atoms with van der Waals surface area (Å²) in [6.07, 6.45) is -3.09. The van der Waals surface area contributed by atoms with Gasteiger partial charge in [0.05, 0.1) is 33.5 Å². The second-order valence-corrected chi connectivity index (χ2v) is 9.68. The van der Waals surface area contributed by atoms with E-state index >= 15 is 0 Å². The Kier molecular flexibility index (Phi) is 11.8. The largest absolute Gasteiger partial charge is 0.467 e. The zero-order valence-corrected chi connectivity index (χ0v) is 23.3. The molecule has 0 saturated carbocycles. The fraction of sp³-hybridized carbons (Fsp3) is 0.375. The van der Waals surface area contributed by atoms with E-state index < -0.39 is 36.6 Å². The number of ether oxygens (including phenoxy) is 6. The average Bonchev–Trinajstić information content (AvgIpc) is 3.00. The third-order valence-electron chi connectivity index (χ3n) is 6.57. The molecule has 5 atom stereocenters. The Labute approximate surface area is 240 Å². The minimum Gasteiger partial charge on any atom is -0.467 e. The Morgan fingerprint density at radius 3 is 1.80 bits per heavy atom. The maximum Gasteiger partial charge on any atom is 0.331 e. The fourth-order valence-corrected chi connectivity index (χ4v) is 4.58. The number of benzene rings is 3. The number of methoxy groups -OCH3 is 1. The lowest BCUT2D eigenvalue weighted by atomic mass is 9.96. The minimum atomic E-state index is -0.913. The molecule has 1 saturated heterocycles. The molecular weight excluding hydrogens is 526 g/mol. The second kappa shape index (κ2) is 16.0. The summed E-state index contributed by atoms with van der Waals surface area (Å²) in [4.78, 5) is 24.4. The zero-order chi connectivity index (χ0) is 28.9. The van der Waals surface area contributed by atoms with Crippen LogP contribution >= 0.6 is 0 Å². The lowest BCUT2D eigenvalue weighted by Crippen LogP contribution is -2.66. The summed E-state index contributed by atoms with van der Waals surface area (Å²) in [6.45, 7) is 2.07. The van der Waals surface area contributed by atoms with E-state index in [4.69, 9.17) is 28.4 Å². The topological polar surface area (TPSA) is 102 Å². The number of carbonyl (C=O) groups excluding carboxylic acids is 2. The van der Waals surface area contributed by atoms with Crippen LogP contribution in [-0.4, -0.2) is 62.8 Å². The van der Waals surface area contributed by atoms with E-state index in [1.807, 2.05) is 91.0 Å². The number of rotatable bonds is 14. The van der Waals surface area contributed by atoms with E-state index in [-0.39, 0.29) is 32.3 Å². The van der Waals surface area contributed by atoms with Crippen LogP contribution in [0, 0.1) is 0 Å². The molecule has 218 valence electrons. The molecule has 3 aromatic carbocycles. The number of hydrogen-bond donors (Lipinski definition) is 1. The van der Waals surface area contributed by atoms with Crippen LogP contribution in [0.1, 0.15) is 23.6 Å². The molecule has 0 bridgehead atoms. The molecule has 1 fully saturated rings. The first-order valence-electron chi connectivity index (χ1n) is 13.6. The standard InChI is InChI=1S/C32H37NO8/c1-23(34)33-29-31(39-22-28(35)36-2)30(38-19-25-14-8-4-9-15-25)27(21-37-18-24-12-6-3-7-13-24)41-32(29)40-20-26-16-10-5-11-17-26/h3-17,27,29-32H,18-22H2,1-2H3,(H,33,34)/t27-,29+,30-,31-,32+/m1/s1. The molecule has 0 aromatic heterocycles. The SMILES string of the molecule is COC(=O)CO[C@@H]1[C@H](NC(C)=O)[C@@H](OCc2ccccc2)O[C@H](COCc2ccccc2)[C@H]1OCc1ccccc1. The Bertz CT molecular complexity index is 1190. The number of esters is 1. The van der Waals surface area contributed by atoms with Crippen molar-refractivity contribution < 1.29 is 38.0 Å². The van der Waals surface area contributed by atoms with Crippen LogP contribution in [-0.2, 0) is 57.8 Å². The van der Waals surface area contributed by atoms with Gasteiger partial charge in [0.15, 0.2) is 6.29 Å². The molecule has 3 aromatic rings. The quantitative estimate of drug-likeness (QED) is 0.296. The van der Waals surface area contributed by atoms with Crippen LogP contribution in [0.2, 0.25) is 0 Å². The van der Waals surface area contributed by atoms with Crippen molar-refractivity contribution in [1.29, 1.82) is 0 Å². The van der Waals surface area contributed by atoms with Gasteiger partial charge >= 0.3 is 5.97 Å². The molecule has 4 rings (SSSR count). The highest BCUT2D eigenvalue weighted by Crippen LogP contribution is 2.29. The summed E-state index contributed by atoms with van der Waals surface area (Å²) in [5.74, 6) is -0.863. The lowest BCUT2D eigenvalue weighted by Gasteiger charge is -2.46. The van der Waals surface area contributed by atoms with Crippen LogP contribution in [0.5, 0.6) is 0 Å². The maximum absolute atomic E-state index is 12.3. The summed E-state index contributed by atoms with van der Waals surface area (Å²) in [5.41, 5.74) is 2.89. The van der Waals surface area contributed by atoms with Crippen molar-refractivity contribution in [3.63, 3.8) is 0 Å². The molecule has 0 radical (unpaired) electrons. The second-order valence-electron chi connectivity index (χ2n) is 9.68. The Morgan fingerprint density at radius 1 is 0.732 bits per heavy atom. The maximum atomic E-state index is 12.3. The molecule has 1 aliphatic heterocycles. The predicted octanol–water partition coefficient (Wildman–Crippen LogP) is 3.79. The summed E-state index contributed by atoms with van der Waals surface area (Å²) < 4.78 is 36.0. The molecule has 41 heavy (non-hydrogen) atoms. The third-order valence-corrected chi connectivity index (χ3v) is 6.57. The van der Waals surface area contributed by atoms with Crippen molar-refractivity contribution in [2.45, 2.75) is 57.4 Å². The number of amides is 1. The van der Waals surface area contributed by atoms with Crippen LogP contribution in [0.15, 0.2) is 91.0 Å². The lowest BCUT2D eigenvalue weighted by molar-refractivity contribution is -0.291. The molecule has 9 heteroatoms. The van der Waals surface area contributed by atoms with Crippen molar-refractivity contribution >= 4 is 11.9 Å². The smallest absolute Gasteiger partial charge is 0.331 e. The molecule has 0 spiro atoms. The third kappa shape index (κ3) is 9.48. The summed E-state index contributed by atoms with van der Waals surface area (Å²) in [5, 5.41) is 2.90. The highest BCUT2D eigenvalue weighted by Gasteiger charge is 2.49. The first-order valence-corrected chi connectivity index (χ1v) is 13.6. The van der Waals surface area contributed by atoms with E-state index in [1.165, 1.54) is 14.0 Å². The first-order chi connectivity index (χ1) is 20.0. The van der Waals surface area contributed by atoms with Crippen LogP contribution in [0.25, 0.3) is 0 Å².